The van der Waals surface area contributed by atoms with E-state index in [4.69, 9.17) is 19.8 Å². The summed E-state index contributed by atoms with van der Waals surface area (Å²) in [7, 11) is 1.99. The molecule has 178 valence electrons. The van der Waals surface area contributed by atoms with Crippen molar-refractivity contribution in [3.8, 4) is 0 Å². The molecule has 1 aromatic heterocycles. The smallest absolute Gasteiger partial charge is 0.414 e. The monoisotopic (exact) mass is 471 g/mol. The molecule has 0 aliphatic heterocycles. The molecule has 33 heavy (non-hydrogen) atoms. The third-order valence-electron chi connectivity index (χ3n) is 5.50. The fourth-order valence-electron chi connectivity index (χ4n) is 3.80. The number of thioether (sulfide) groups is 1. The van der Waals surface area contributed by atoms with Crippen LogP contribution in [0.2, 0.25) is 0 Å². The molecule has 3 rings (SSSR count). The van der Waals surface area contributed by atoms with Gasteiger partial charge in [-0.3, -0.25) is 0 Å². The highest BCUT2D eigenvalue weighted by molar-refractivity contribution is 7.99. The number of aromatic nitrogens is 2. The van der Waals surface area contributed by atoms with E-state index in [1.165, 1.54) is 36.8 Å². The van der Waals surface area contributed by atoms with E-state index in [-0.39, 0.29) is 0 Å². The van der Waals surface area contributed by atoms with Crippen LogP contribution in [-0.2, 0) is 22.4 Å². The normalized spacial score (nSPS) is 17.1. The van der Waals surface area contributed by atoms with Crippen LogP contribution in [0.4, 0.5) is 0 Å². The van der Waals surface area contributed by atoms with Crippen molar-refractivity contribution in [2.75, 3.05) is 19.3 Å². The molecule has 0 amide bonds. The Morgan fingerprint density at radius 3 is 2.36 bits per heavy atom. The molecule has 1 aliphatic carbocycles. The molecule has 1 unspecified atom stereocenters. The van der Waals surface area contributed by atoms with Crippen LogP contribution in [0.15, 0.2) is 60.0 Å². The highest BCUT2D eigenvalue weighted by Crippen LogP contribution is 2.39. The standard InChI is InChI=1S/C23H31N3S.C2H2O4/c1-24-15-8-11-21-18-25-22(26-19-21)27-16-14-23(12-6-3-7-13-23)17-20-9-4-2-5-10-20;3-1(4)2(5)6/h2,4-6,9-10,12,18-19,24H,3,7-8,11,13-17H2,1H3;(H,3,4)(H,5,6). The molecular weight excluding hydrogens is 438 g/mol. The number of carboxylic acids is 2. The van der Waals surface area contributed by atoms with Crippen LogP contribution in [0, 0.1) is 5.41 Å². The van der Waals surface area contributed by atoms with Gasteiger partial charge in [0.15, 0.2) is 5.16 Å². The zero-order valence-corrected chi connectivity index (χ0v) is 19.9. The number of aryl methyl sites for hydroxylation is 1. The predicted molar refractivity (Wildman–Crippen MR) is 130 cm³/mol. The maximum absolute atomic E-state index is 9.10. The Kier molecular flexibility index (Phi) is 11.6. The van der Waals surface area contributed by atoms with Gasteiger partial charge in [0.1, 0.15) is 0 Å². The summed E-state index contributed by atoms with van der Waals surface area (Å²) in [6, 6.07) is 10.9. The quantitative estimate of drug-likeness (QED) is 0.155. The van der Waals surface area contributed by atoms with Gasteiger partial charge in [-0.25, -0.2) is 19.6 Å². The van der Waals surface area contributed by atoms with Crippen molar-refractivity contribution < 1.29 is 19.8 Å². The lowest BCUT2D eigenvalue weighted by atomic mass is 9.72. The summed E-state index contributed by atoms with van der Waals surface area (Å²) in [4.78, 5) is 27.3. The SMILES string of the molecule is CNCCCc1cnc(SCCC2(Cc3ccccc3)C=CCCC2)nc1.O=C(O)C(=O)O. The minimum atomic E-state index is -1.82. The first-order valence-electron chi connectivity index (χ1n) is 11.2. The number of aliphatic carboxylic acids is 2. The van der Waals surface area contributed by atoms with Crippen LogP contribution in [0.25, 0.3) is 0 Å². The van der Waals surface area contributed by atoms with Crippen LogP contribution >= 0.6 is 11.8 Å². The van der Waals surface area contributed by atoms with Crippen LogP contribution in [0.1, 0.15) is 43.2 Å². The highest BCUT2D eigenvalue weighted by Gasteiger charge is 2.28. The Morgan fingerprint density at radius 2 is 1.79 bits per heavy atom. The van der Waals surface area contributed by atoms with Crippen molar-refractivity contribution in [2.45, 2.75) is 50.1 Å². The van der Waals surface area contributed by atoms with Crippen molar-refractivity contribution in [1.29, 1.82) is 0 Å². The van der Waals surface area contributed by atoms with Gasteiger partial charge in [0.25, 0.3) is 0 Å². The van der Waals surface area contributed by atoms with Gasteiger partial charge in [-0.1, -0.05) is 54.2 Å². The molecule has 1 heterocycles. The molecule has 7 nitrogen and oxygen atoms in total. The minimum Gasteiger partial charge on any atom is -0.473 e. The van der Waals surface area contributed by atoms with E-state index >= 15 is 0 Å². The first-order valence-corrected chi connectivity index (χ1v) is 12.2. The van der Waals surface area contributed by atoms with Gasteiger partial charge in [0.05, 0.1) is 0 Å². The van der Waals surface area contributed by atoms with Crippen LogP contribution in [0.3, 0.4) is 0 Å². The fraction of sp³-hybridized carbons (Fsp3) is 0.440. The molecule has 0 fully saturated rings. The van der Waals surface area contributed by atoms with Gasteiger partial charge in [-0.15, -0.1) is 0 Å². The number of carbonyl (C=O) groups is 2. The third-order valence-corrected chi connectivity index (χ3v) is 6.38. The second-order valence-electron chi connectivity index (χ2n) is 8.11. The molecule has 1 aromatic carbocycles. The van der Waals surface area contributed by atoms with E-state index in [9.17, 15) is 0 Å². The minimum absolute atomic E-state index is 0.291. The molecule has 0 saturated heterocycles. The number of hydrogen-bond donors (Lipinski definition) is 3. The first-order chi connectivity index (χ1) is 15.9. The lowest BCUT2D eigenvalue weighted by Crippen LogP contribution is -2.24. The van der Waals surface area contributed by atoms with Crippen molar-refractivity contribution in [1.82, 2.24) is 15.3 Å². The Balaban J connectivity index is 0.000000569. The van der Waals surface area contributed by atoms with E-state index in [1.807, 2.05) is 19.4 Å². The van der Waals surface area contributed by atoms with Gasteiger partial charge < -0.3 is 15.5 Å². The first kappa shape index (κ1) is 26.5. The number of benzene rings is 1. The molecule has 0 saturated carbocycles. The number of allylic oxidation sites excluding steroid dienone is 2. The van der Waals surface area contributed by atoms with Gasteiger partial charge >= 0.3 is 11.9 Å². The summed E-state index contributed by atoms with van der Waals surface area (Å²) >= 11 is 1.79. The molecule has 2 aromatic rings. The predicted octanol–water partition coefficient (Wildman–Crippen LogP) is 4.24. The molecule has 0 radical (unpaired) electrons. The second-order valence-corrected chi connectivity index (χ2v) is 9.17. The highest BCUT2D eigenvalue weighted by atomic mass is 32.2. The summed E-state index contributed by atoms with van der Waals surface area (Å²) < 4.78 is 0. The van der Waals surface area contributed by atoms with E-state index in [2.05, 4.69) is 57.8 Å². The molecule has 8 heteroatoms. The zero-order valence-electron chi connectivity index (χ0n) is 19.1. The summed E-state index contributed by atoms with van der Waals surface area (Å²) in [5.41, 5.74) is 2.96. The largest absolute Gasteiger partial charge is 0.473 e. The number of nitrogens with one attached hydrogen (secondary N) is 1. The molecular formula is C25H33N3O4S. The lowest BCUT2D eigenvalue weighted by Gasteiger charge is -2.33. The summed E-state index contributed by atoms with van der Waals surface area (Å²) in [6.45, 7) is 1.04. The van der Waals surface area contributed by atoms with Gasteiger partial charge in [-0.05, 0) is 75.1 Å². The van der Waals surface area contributed by atoms with Crippen molar-refractivity contribution in [3.63, 3.8) is 0 Å². The molecule has 1 aliphatic rings. The Bertz CT molecular complexity index is 878. The van der Waals surface area contributed by atoms with Crippen molar-refractivity contribution in [3.05, 3.63) is 66.0 Å². The summed E-state index contributed by atoms with van der Waals surface area (Å²) in [6.07, 6.45) is 17.1. The average molecular weight is 472 g/mol. The average Bonchev–Trinajstić information content (AvgIpc) is 2.82. The Hall–Kier alpha value is -2.71. The number of nitrogens with zero attached hydrogens (tertiary/aromatic N) is 2. The van der Waals surface area contributed by atoms with Crippen molar-refractivity contribution in [2.24, 2.45) is 5.41 Å². The number of hydrogen-bond acceptors (Lipinski definition) is 6. The van der Waals surface area contributed by atoms with Crippen LogP contribution in [0.5, 0.6) is 0 Å². The maximum Gasteiger partial charge on any atom is 0.414 e. The zero-order chi connectivity index (χ0) is 23.9. The topological polar surface area (TPSA) is 112 Å². The van der Waals surface area contributed by atoms with Crippen molar-refractivity contribution >= 4 is 23.7 Å². The lowest BCUT2D eigenvalue weighted by molar-refractivity contribution is -0.159. The van der Waals surface area contributed by atoms with E-state index in [0.29, 0.717) is 5.41 Å². The van der Waals surface area contributed by atoms with Crippen LogP contribution < -0.4 is 5.32 Å². The molecule has 3 N–H and O–H groups in total. The second kappa shape index (κ2) is 14.4. The van der Waals surface area contributed by atoms with Gasteiger partial charge in [-0.2, -0.15) is 0 Å². The Labute approximate surface area is 199 Å². The molecule has 0 bridgehead atoms. The van der Waals surface area contributed by atoms with E-state index in [1.54, 1.807) is 11.8 Å². The Morgan fingerprint density at radius 1 is 1.09 bits per heavy atom. The fourth-order valence-corrected chi connectivity index (χ4v) is 4.74. The third kappa shape index (κ3) is 10.2. The molecule has 1 atom stereocenters. The molecule has 0 spiro atoms. The van der Waals surface area contributed by atoms with E-state index < -0.39 is 11.9 Å². The maximum atomic E-state index is 9.10. The van der Waals surface area contributed by atoms with Gasteiger partial charge in [0, 0.05) is 18.1 Å². The summed E-state index contributed by atoms with van der Waals surface area (Å²) in [5, 5.41) is 18.9. The number of carboxylic acid groups (broad SMARTS) is 2. The van der Waals surface area contributed by atoms with Gasteiger partial charge in [0.2, 0.25) is 0 Å². The number of rotatable bonds is 10. The van der Waals surface area contributed by atoms with Crippen LogP contribution in [-0.4, -0.2) is 51.5 Å². The summed E-state index contributed by atoms with van der Waals surface area (Å²) in [5.74, 6) is -2.58. The van der Waals surface area contributed by atoms with E-state index in [0.717, 1.165) is 36.7 Å².